The molecule has 2 aliphatic heterocycles. The third-order valence-electron chi connectivity index (χ3n) is 8.90. The minimum Gasteiger partial charge on any atom is -0.457 e. The molecule has 3 aromatic rings. The Labute approximate surface area is 277 Å². The Hall–Kier alpha value is -5.12. The smallest absolute Gasteiger partial charge is 0.352 e. The summed E-state index contributed by atoms with van der Waals surface area (Å²) in [4.78, 5) is 43.4. The summed E-state index contributed by atoms with van der Waals surface area (Å²) in [6.45, 7) is 3.12. The predicted molar refractivity (Wildman–Crippen MR) is 171 cm³/mol. The van der Waals surface area contributed by atoms with Crippen LogP contribution >= 0.6 is 0 Å². The Kier molecular flexibility index (Phi) is 10.8. The molecule has 2 aliphatic rings. The molecule has 2 N–H and O–H groups in total. The van der Waals surface area contributed by atoms with E-state index in [2.05, 4.69) is 16.3 Å². The first-order valence-corrected chi connectivity index (χ1v) is 15.9. The van der Waals surface area contributed by atoms with Gasteiger partial charge in [-0.2, -0.15) is 5.26 Å². The largest absolute Gasteiger partial charge is 0.457 e. The van der Waals surface area contributed by atoms with E-state index < -0.39 is 41.1 Å². The lowest BCUT2D eigenvalue weighted by Crippen LogP contribution is -2.55. The number of hydroxylamine groups is 2. The highest BCUT2D eigenvalue weighted by atomic mass is 19.1. The van der Waals surface area contributed by atoms with Gasteiger partial charge in [0.2, 0.25) is 0 Å². The molecule has 1 saturated heterocycles. The summed E-state index contributed by atoms with van der Waals surface area (Å²) >= 11 is 0. The van der Waals surface area contributed by atoms with Crippen LogP contribution < -0.4 is 5.32 Å². The molecule has 0 radical (unpaired) electrons. The molecular formula is C36H37F2N5O5. The van der Waals surface area contributed by atoms with E-state index in [1.807, 2.05) is 30.3 Å². The molecule has 0 saturated carbocycles. The molecular weight excluding hydrogens is 620 g/mol. The van der Waals surface area contributed by atoms with Crippen LogP contribution in [-0.2, 0) is 21.6 Å². The molecule has 3 aromatic carbocycles. The molecule has 250 valence electrons. The van der Waals surface area contributed by atoms with Crippen LogP contribution in [0.2, 0.25) is 0 Å². The van der Waals surface area contributed by atoms with Gasteiger partial charge in [0, 0.05) is 17.3 Å². The number of nitrogens with zero attached hydrogens (tertiary/aromatic N) is 4. The first-order valence-electron chi connectivity index (χ1n) is 15.9. The normalized spacial score (nSPS) is 17.8. The maximum absolute atomic E-state index is 15.3. The topological polar surface area (TPSA) is 126 Å². The summed E-state index contributed by atoms with van der Waals surface area (Å²) in [7, 11) is 0. The number of allylic oxidation sites excluding steroid dienone is 1. The number of halogens is 2. The lowest BCUT2D eigenvalue weighted by atomic mass is 9.74. The molecule has 2 heterocycles. The van der Waals surface area contributed by atoms with Crippen molar-refractivity contribution < 1.29 is 33.1 Å². The zero-order chi connectivity index (χ0) is 34.3. The first kappa shape index (κ1) is 34.2. The van der Waals surface area contributed by atoms with Gasteiger partial charge in [0.15, 0.2) is 0 Å². The van der Waals surface area contributed by atoms with Crippen LogP contribution in [0, 0.1) is 23.0 Å². The molecule has 0 aromatic heterocycles. The van der Waals surface area contributed by atoms with Crippen LogP contribution in [0.4, 0.5) is 18.4 Å². The third-order valence-corrected chi connectivity index (χ3v) is 8.90. The Bertz CT molecular complexity index is 1700. The SMILES string of the molecule is CCC1=C(C(=O)OCc2ccccc2)C(c2ccc(F)cc2F)N(C(=O)N(O)CCCN2CCC(C#N)(c3ccccc3)CC2)C(=O)N1. The minimum atomic E-state index is -1.65. The van der Waals surface area contributed by atoms with E-state index in [0.29, 0.717) is 60.5 Å². The standard InChI is InChI=1S/C36H37F2N5O5/c1-2-30-31(33(44)48-23-25-10-5-3-6-11-25)32(28-15-14-27(37)22-29(28)38)43(34(45)40-30)35(46)42(47)19-9-18-41-20-16-36(24-39,17-21-41)26-12-7-4-8-13-26/h3-8,10-15,22,32,47H,2,9,16-21,23H2,1H3,(H,40,45). The average molecular weight is 658 g/mol. The number of imide groups is 1. The van der Waals surface area contributed by atoms with E-state index in [4.69, 9.17) is 4.74 Å². The van der Waals surface area contributed by atoms with Crippen molar-refractivity contribution in [1.82, 2.24) is 20.2 Å². The van der Waals surface area contributed by atoms with E-state index in [-0.39, 0.29) is 36.4 Å². The molecule has 4 amide bonds. The van der Waals surface area contributed by atoms with Gasteiger partial charge < -0.3 is 15.0 Å². The van der Waals surface area contributed by atoms with Gasteiger partial charge in [-0.1, -0.05) is 73.7 Å². The van der Waals surface area contributed by atoms with Gasteiger partial charge in [-0.25, -0.2) is 33.1 Å². The van der Waals surface area contributed by atoms with Gasteiger partial charge in [0.1, 0.15) is 24.3 Å². The van der Waals surface area contributed by atoms with Crippen LogP contribution in [0.15, 0.2) is 90.1 Å². The van der Waals surface area contributed by atoms with Crippen LogP contribution in [0.5, 0.6) is 0 Å². The van der Waals surface area contributed by atoms with Crippen LogP contribution in [0.1, 0.15) is 55.3 Å². The summed E-state index contributed by atoms with van der Waals surface area (Å²) in [6.07, 6.45) is 1.70. The fourth-order valence-corrected chi connectivity index (χ4v) is 6.24. The number of nitriles is 1. The highest BCUT2D eigenvalue weighted by molar-refractivity contribution is 6.01. The number of ether oxygens (including phenoxy) is 1. The minimum absolute atomic E-state index is 0.106. The number of rotatable bonds is 10. The van der Waals surface area contributed by atoms with Gasteiger partial charge in [-0.3, -0.25) is 5.21 Å². The highest BCUT2D eigenvalue weighted by Crippen LogP contribution is 2.38. The zero-order valence-electron chi connectivity index (χ0n) is 26.6. The Morgan fingerprint density at radius 3 is 2.35 bits per heavy atom. The van der Waals surface area contributed by atoms with Crippen molar-refractivity contribution in [3.63, 3.8) is 0 Å². The number of urea groups is 2. The summed E-state index contributed by atoms with van der Waals surface area (Å²) in [5.74, 6) is -2.89. The quantitative estimate of drug-likeness (QED) is 0.151. The lowest BCUT2D eigenvalue weighted by Gasteiger charge is -2.39. The highest BCUT2D eigenvalue weighted by Gasteiger charge is 2.45. The summed E-state index contributed by atoms with van der Waals surface area (Å²) in [6, 6.07) is 19.8. The van der Waals surface area contributed by atoms with E-state index in [1.165, 1.54) is 0 Å². The molecule has 48 heavy (non-hydrogen) atoms. The summed E-state index contributed by atoms with van der Waals surface area (Å²) < 4.78 is 34.8. The second-order valence-electron chi connectivity index (χ2n) is 11.8. The van der Waals surface area contributed by atoms with E-state index in [1.54, 1.807) is 37.3 Å². The molecule has 1 unspecified atom stereocenters. The number of piperidine rings is 1. The van der Waals surface area contributed by atoms with Gasteiger partial charge in [0.05, 0.1) is 23.6 Å². The van der Waals surface area contributed by atoms with Crippen molar-refractivity contribution in [1.29, 1.82) is 5.26 Å². The predicted octanol–water partition coefficient (Wildman–Crippen LogP) is 6.20. The molecule has 1 atom stereocenters. The Morgan fingerprint density at radius 2 is 1.73 bits per heavy atom. The van der Waals surface area contributed by atoms with E-state index >= 15 is 4.39 Å². The summed E-state index contributed by atoms with van der Waals surface area (Å²) in [5, 5.41) is 23.7. The second kappa shape index (κ2) is 15.2. The monoisotopic (exact) mass is 657 g/mol. The molecule has 12 heteroatoms. The van der Waals surface area contributed by atoms with Crippen molar-refractivity contribution in [2.24, 2.45) is 0 Å². The number of esters is 1. The number of carbonyl (C=O) groups excluding carboxylic acids is 3. The maximum Gasteiger partial charge on any atom is 0.352 e. The van der Waals surface area contributed by atoms with Gasteiger partial charge in [-0.05, 0) is 62.5 Å². The average Bonchev–Trinajstić information content (AvgIpc) is 3.11. The number of hydrogen-bond acceptors (Lipinski definition) is 7. The maximum atomic E-state index is 15.3. The molecule has 0 aliphatic carbocycles. The number of benzene rings is 3. The zero-order valence-corrected chi connectivity index (χ0v) is 26.6. The second-order valence-corrected chi connectivity index (χ2v) is 11.8. The molecule has 10 nitrogen and oxygen atoms in total. The van der Waals surface area contributed by atoms with Crippen molar-refractivity contribution in [3.8, 4) is 6.07 Å². The third kappa shape index (κ3) is 7.38. The van der Waals surface area contributed by atoms with E-state index in [9.17, 15) is 29.2 Å². The Balaban J connectivity index is 1.31. The van der Waals surface area contributed by atoms with Crippen LogP contribution in [-0.4, -0.2) is 64.3 Å². The number of hydrogen-bond donors (Lipinski definition) is 2. The molecule has 0 bridgehead atoms. The fourth-order valence-electron chi connectivity index (χ4n) is 6.24. The van der Waals surface area contributed by atoms with Crippen LogP contribution in [0.25, 0.3) is 0 Å². The number of carbonyl (C=O) groups is 3. The molecule has 0 spiro atoms. The van der Waals surface area contributed by atoms with Gasteiger partial charge >= 0.3 is 18.0 Å². The Morgan fingerprint density at radius 1 is 1.06 bits per heavy atom. The number of nitrogens with one attached hydrogen (secondary N) is 1. The fraction of sp³-hybridized carbons (Fsp3) is 0.333. The lowest BCUT2D eigenvalue weighted by molar-refractivity contribution is -0.141. The van der Waals surface area contributed by atoms with Crippen molar-refractivity contribution in [2.75, 3.05) is 26.2 Å². The number of likely N-dealkylation sites (tertiary alicyclic amines) is 1. The van der Waals surface area contributed by atoms with E-state index in [0.717, 1.165) is 17.7 Å². The molecule has 5 rings (SSSR count). The first-order chi connectivity index (χ1) is 23.2. The van der Waals surface area contributed by atoms with Crippen LogP contribution in [0.3, 0.4) is 0 Å². The summed E-state index contributed by atoms with van der Waals surface area (Å²) in [5.41, 5.74) is 0.652. The van der Waals surface area contributed by atoms with Crippen molar-refractivity contribution >= 4 is 18.0 Å². The number of amides is 4. The van der Waals surface area contributed by atoms with Gasteiger partial charge in [-0.15, -0.1) is 0 Å². The molecule has 1 fully saturated rings. The van der Waals surface area contributed by atoms with Crippen molar-refractivity contribution in [2.45, 2.75) is 50.7 Å². The van der Waals surface area contributed by atoms with Crippen molar-refractivity contribution in [3.05, 3.63) is 118 Å². The van der Waals surface area contributed by atoms with Gasteiger partial charge in [0.25, 0.3) is 0 Å².